The molecule has 1 N–H and O–H groups in total. The van der Waals surface area contributed by atoms with Crippen LogP contribution < -0.4 is 5.32 Å². The van der Waals surface area contributed by atoms with Gasteiger partial charge in [-0.25, -0.2) is 4.39 Å². The summed E-state index contributed by atoms with van der Waals surface area (Å²) in [4.78, 5) is 0. The van der Waals surface area contributed by atoms with Gasteiger partial charge >= 0.3 is 0 Å². The SMILES string of the molecule is C=C(C)/C(=C(/C)NC)c1ccc(F)cc1Cl. The summed E-state index contributed by atoms with van der Waals surface area (Å²) in [6.07, 6.45) is 0. The van der Waals surface area contributed by atoms with Crippen molar-refractivity contribution in [2.45, 2.75) is 13.8 Å². The number of hydrogen-bond acceptors (Lipinski definition) is 1. The molecule has 0 aliphatic carbocycles. The molecule has 0 unspecified atom stereocenters. The lowest BCUT2D eigenvalue weighted by Crippen LogP contribution is -2.06. The smallest absolute Gasteiger partial charge is 0.124 e. The first-order chi connectivity index (χ1) is 7.47. The van der Waals surface area contributed by atoms with Crippen LogP contribution in [0.5, 0.6) is 0 Å². The minimum atomic E-state index is -0.336. The third-order valence-corrected chi connectivity index (χ3v) is 2.69. The molecule has 0 radical (unpaired) electrons. The van der Waals surface area contributed by atoms with Crippen LogP contribution in [0.4, 0.5) is 4.39 Å². The number of halogens is 2. The Labute approximate surface area is 101 Å². The Balaban J connectivity index is 3.39. The molecule has 0 aromatic heterocycles. The third-order valence-electron chi connectivity index (χ3n) is 2.38. The Kier molecular flexibility index (Phi) is 4.13. The molecule has 0 fully saturated rings. The Morgan fingerprint density at radius 3 is 2.44 bits per heavy atom. The highest BCUT2D eigenvalue weighted by Gasteiger charge is 2.11. The van der Waals surface area contributed by atoms with E-state index < -0.39 is 0 Å². The average molecular weight is 240 g/mol. The molecular formula is C13H15ClFN. The van der Waals surface area contributed by atoms with E-state index in [1.807, 2.05) is 20.9 Å². The van der Waals surface area contributed by atoms with Gasteiger partial charge in [-0.3, -0.25) is 0 Å². The number of benzene rings is 1. The average Bonchev–Trinajstić information content (AvgIpc) is 2.21. The van der Waals surface area contributed by atoms with Crippen LogP contribution in [0.15, 0.2) is 36.0 Å². The van der Waals surface area contributed by atoms with Crippen molar-refractivity contribution in [1.82, 2.24) is 5.32 Å². The molecule has 0 saturated carbocycles. The maximum atomic E-state index is 13.0. The van der Waals surface area contributed by atoms with Crippen LogP contribution in [-0.2, 0) is 0 Å². The zero-order valence-electron chi connectivity index (χ0n) is 9.70. The van der Waals surface area contributed by atoms with Crippen molar-refractivity contribution in [3.8, 4) is 0 Å². The van der Waals surface area contributed by atoms with Crippen LogP contribution in [0.25, 0.3) is 5.57 Å². The van der Waals surface area contributed by atoms with Gasteiger partial charge in [-0.15, -0.1) is 0 Å². The molecule has 0 atom stereocenters. The van der Waals surface area contributed by atoms with E-state index in [2.05, 4.69) is 11.9 Å². The zero-order valence-corrected chi connectivity index (χ0v) is 10.5. The Morgan fingerprint density at radius 2 is 2.00 bits per heavy atom. The van der Waals surface area contributed by atoms with Crippen LogP contribution in [0.2, 0.25) is 5.02 Å². The zero-order chi connectivity index (χ0) is 12.3. The predicted molar refractivity (Wildman–Crippen MR) is 67.9 cm³/mol. The van der Waals surface area contributed by atoms with Gasteiger partial charge < -0.3 is 5.32 Å². The molecule has 0 aliphatic heterocycles. The van der Waals surface area contributed by atoms with Gasteiger partial charge in [0.05, 0.1) is 5.02 Å². The van der Waals surface area contributed by atoms with Gasteiger partial charge in [0.1, 0.15) is 5.82 Å². The summed E-state index contributed by atoms with van der Waals surface area (Å²) in [7, 11) is 1.83. The maximum absolute atomic E-state index is 13.0. The van der Waals surface area contributed by atoms with Crippen LogP contribution in [0.3, 0.4) is 0 Å². The fourth-order valence-electron chi connectivity index (χ4n) is 1.57. The van der Waals surface area contributed by atoms with Crippen LogP contribution in [-0.4, -0.2) is 7.05 Å². The van der Waals surface area contributed by atoms with Gasteiger partial charge in [0.25, 0.3) is 0 Å². The monoisotopic (exact) mass is 239 g/mol. The van der Waals surface area contributed by atoms with E-state index in [0.29, 0.717) is 5.02 Å². The molecule has 3 heteroatoms. The molecule has 0 amide bonds. The Hall–Kier alpha value is -1.28. The summed E-state index contributed by atoms with van der Waals surface area (Å²) in [6, 6.07) is 4.37. The fourth-order valence-corrected chi connectivity index (χ4v) is 1.83. The molecular weight excluding hydrogens is 225 g/mol. The molecule has 0 bridgehead atoms. The van der Waals surface area contributed by atoms with E-state index in [-0.39, 0.29) is 5.82 Å². The van der Waals surface area contributed by atoms with Gasteiger partial charge in [-0.2, -0.15) is 0 Å². The van der Waals surface area contributed by atoms with Crippen molar-refractivity contribution in [2.75, 3.05) is 7.05 Å². The van der Waals surface area contributed by atoms with E-state index in [0.717, 1.165) is 22.4 Å². The summed E-state index contributed by atoms with van der Waals surface area (Å²) >= 11 is 6.03. The first-order valence-corrected chi connectivity index (χ1v) is 5.35. The first kappa shape index (κ1) is 12.8. The lowest BCUT2D eigenvalue weighted by Gasteiger charge is -2.14. The molecule has 0 heterocycles. The minimum absolute atomic E-state index is 0.336. The second kappa shape index (κ2) is 5.17. The molecule has 0 aliphatic rings. The quantitative estimate of drug-likeness (QED) is 0.786. The first-order valence-electron chi connectivity index (χ1n) is 4.97. The molecule has 16 heavy (non-hydrogen) atoms. The lowest BCUT2D eigenvalue weighted by atomic mass is 9.98. The summed E-state index contributed by atoms with van der Waals surface area (Å²) in [5, 5.41) is 3.45. The normalized spacial score (nSPS) is 12.1. The van der Waals surface area contributed by atoms with E-state index >= 15 is 0 Å². The highest BCUT2D eigenvalue weighted by Crippen LogP contribution is 2.30. The molecule has 86 valence electrons. The van der Waals surface area contributed by atoms with E-state index in [1.165, 1.54) is 12.1 Å². The number of hydrogen-bond donors (Lipinski definition) is 1. The van der Waals surface area contributed by atoms with Gasteiger partial charge in [-0.05, 0) is 37.6 Å². The standard InChI is InChI=1S/C13H15ClFN/c1-8(2)13(9(3)16-4)11-6-5-10(15)7-12(11)14/h5-7,16H,1H2,2-4H3/b13-9+. The lowest BCUT2D eigenvalue weighted by molar-refractivity contribution is 0.628. The second-order valence-corrected chi connectivity index (χ2v) is 4.06. The fraction of sp³-hybridized carbons (Fsp3) is 0.231. The van der Waals surface area contributed by atoms with Crippen LogP contribution >= 0.6 is 11.6 Å². The summed E-state index contributed by atoms with van der Waals surface area (Å²) in [6.45, 7) is 7.75. The minimum Gasteiger partial charge on any atom is -0.391 e. The van der Waals surface area contributed by atoms with Crippen LogP contribution in [0, 0.1) is 5.82 Å². The maximum Gasteiger partial charge on any atom is 0.124 e. The van der Waals surface area contributed by atoms with Crippen molar-refractivity contribution in [3.63, 3.8) is 0 Å². The highest BCUT2D eigenvalue weighted by atomic mass is 35.5. The van der Waals surface area contributed by atoms with Crippen molar-refractivity contribution in [1.29, 1.82) is 0 Å². The van der Waals surface area contributed by atoms with E-state index in [4.69, 9.17) is 11.6 Å². The van der Waals surface area contributed by atoms with E-state index in [9.17, 15) is 4.39 Å². The molecule has 1 nitrogen and oxygen atoms in total. The number of nitrogens with one attached hydrogen (secondary N) is 1. The molecule has 0 spiro atoms. The van der Waals surface area contributed by atoms with Gasteiger partial charge in [0.15, 0.2) is 0 Å². The third kappa shape index (κ3) is 2.64. The molecule has 1 rings (SSSR count). The summed E-state index contributed by atoms with van der Waals surface area (Å²) in [5.74, 6) is -0.336. The van der Waals surface area contributed by atoms with Crippen molar-refractivity contribution in [3.05, 3.63) is 52.5 Å². The molecule has 1 aromatic carbocycles. The Morgan fingerprint density at radius 1 is 1.38 bits per heavy atom. The van der Waals surface area contributed by atoms with Gasteiger partial charge in [0, 0.05) is 23.9 Å². The largest absolute Gasteiger partial charge is 0.391 e. The summed E-state index contributed by atoms with van der Waals surface area (Å²) in [5.41, 5.74) is 3.57. The highest BCUT2D eigenvalue weighted by molar-refractivity contribution is 6.32. The Bertz CT molecular complexity index is 449. The van der Waals surface area contributed by atoms with Crippen molar-refractivity contribution < 1.29 is 4.39 Å². The van der Waals surface area contributed by atoms with E-state index in [1.54, 1.807) is 6.07 Å². The second-order valence-electron chi connectivity index (χ2n) is 3.65. The van der Waals surface area contributed by atoms with Gasteiger partial charge in [-0.1, -0.05) is 18.2 Å². The molecule has 0 saturated heterocycles. The topological polar surface area (TPSA) is 12.0 Å². The predicted octanol–water partition coefficient (Wildman–Crippen LogP) is 4.01. The van der Waals surface area contributed by atoms with Gasteiger partial charge in [0.2, 0.25) is 0 Å². The summed E-state index contributed by atoms with van der Waals surface area (Å²) < 4.78 is 13.0. The number of allylic oxidation sites excluding steroid dienone is 3. The van der Waals surface area contributed by atoms with Crippen molar-refractivity contribution >= 4 is 17.2 Å². The van der Waals surface area contributed by atoms with Crippen molar-refractivity contribution in [2.24, 2.45) is 0 Å². The van der Waals surface area contributed by atoms with Crippen LogP contribution in [0.1, 0.15) is 19.4 Å². The molecule has 1 aromatic rings. The number of rotatable bonds is 3.